The number of aromatic amines is 1. The number of aliphatic hydroxyl groups is 3. The van der Waals surface area contributed by atoms with Crippen LogP contribution in [-0.2, 0) is 10.5 Å². The Morgan fingerprint density at radius 2 is 2.18 bits per heavy atom. The molecular formula is C13H18N4O5. The molecule has 1 fully saturated rings. The summed E-state index contributed by atoms with van der Waals surface area (Å²) in [5.41, 5.74) is -1.43. The number of ether oxygens (including phenoxy) is 1. The van der Waals surface area contributed by atoms with Crippen molar-refractivity contribution in [2.45, 2.75) is 37.9 Å². The van der Waals surface area contributed by atoms with E-state index in [9.17, 15) is 20.1 Å². The van der Waals surface area contributed by atoms with E-state index in [1.807, 2.05) is 0 Å². The van der Waals surface area contributed by atoms with Crippen molar-refractivity contribution in [2.75, 3.05) is 6.61 Å². The van der Waals surface area contributed by atoms with E-state index >= 15 is 0 Å². The average molecular weight is 310 g/mol. The van der Waals surface area contributed by atoms with Crippen LogP contribution in [0.2, 0.25) is 0 Å². The van der Waals surface area contributed by atoms with Crippen molar-refractivity contribution in [2.24, 2.45) is 5.92 Å². The highest BCUT2D eigenvalue weighted by molar-refractivity contribution is 5.69. The van der Waals surface area contributed by atoms with Crippen LogP contribution in [0.4, 0.5) is 0 Å². The van der Waals surface area contributed by atoms with Gasteiger partial charge in [0.2, 0.25) is 0 Å². The molecule has 3 rings (SSSR count). The molecule has 120 valence electrons. The van der Waals surface area contributed by atoms with Gasteiger partial charge in [-0.25, -0.2) is 9.97 Å². The maximum absolute atomic E-state index is 11.8. The molecule has 1 aliphatic heterocycles. The highest BCUT2D eigenvalue weighted by atomic mass is 16.6. The van der Waals surface area contributed by atoms with Crippen LogP contribution >= 0.6 is 0 Å². The monoisotopic (exact) mass is 310 g/mol. The number of rotatable bonds is 3. The molecule has 0 unspecified atom stereocenters. The molecule has 4 atom stereocenters. The molecule has 3 heterocycles. The number of nitrogens with zero attached hydrogens (tertiary/aromatic N) is 3. The molecule has 2 aromatic heterocycles. The first-order valence-corrected chi connectivity index (χ1v) is 6.99. The highest BCUT2D eigenvalue weighted by Crippen LogP contribution is 2.42. The van der Waals surface area contributed by atoms with E-state index in [-0.39, 0.29) is 17.1 Å². The van der Waals surface area contributed by atoms with Crippen molar-refractivity contribution in [3.63, 3.8) is 0 Å². The minimum absolute atomic E-state index is 0.111. The minimum Gasteiger partial charge on any atom is -0.394 e. The Hall–Kier alpha value is -1.81. The van der Waals surface area contributed by atoms with Gasteiger partial charge in [0.15, 0.2) is 16.9 Å². The molecule has 1 saturated heterocycles. The van der Waals surface area contributed by atoms with Gasteiger partial charge in [-0.1, -0.05) is 13.8 Å². The van der Waals surface area contributed by atoms with Crippen molar-refractivity contribution in [3.8, 4) is 0 Å². The zero-order valence-corrected chi connectivity index (χ0v) is 12.2. The largest absolute Gasteiger partial charge is 0.394 e. The summed E-state index contributed by atoms with van der Waals surface area (Å²) in [6.07, 6.45) is -0.910. The SMILES string of the molecule is CC(C)[C@@]1(n2cnc3c(=O)[nH]cnc32)O[C@H](CO)[C@@H](O)[C@H]1O. The summed E-state index contributed by atoms with van der Waals surface area (Å²) in [4.78, 5) is 22.3. The Morgan fingerprint density at radius 3 is 2.77 bits per heavy atom. The van der Waals surface area contributed by atoms with Crippen LogP contribution in [0.3, 0.4) is 0 Å². The van der Waals surface area contributed by atoms with Gasteiger partial charge in [-0.15, -0.1) is 0 Å². The summed E-state index contributed by atoms with van der Waals surface area (Å²) >= 11 is 0. The number of aromatic nitrogens is 4. The fourth-order valence-electron chi connectivity index (χ4n) is 3.03. The van der Waals surface area contributed by atoms with Gasteiger partial charge in [0.25, 0.3) is 5.56 Å². The first kappa shape index (κ1) is 15.1. The molecule has 0 radical (unpaired) electrons. The molecule has 0 saturated carbocycles. The Labute approximate surface area is 125 Å². The lowest BCUT2D eigenvalue weighted by atomic mass is 9.91. The topological polar surface area (TPSA) is 133 Å². The van der Waals surface area contributed by atoms with Gasteiger partial charge in [0, 0.05) is 5.92 Å². The lowest BCUT2D eigenvalue weighted by molar-refractivity contribution is -0.174. The van der Waals surface area contributed by atoms with Gasteiger partial charge < -0.3 is 25.0 Å². The van der Waals surface area contributed by atoms with Crippen LogP contribution in [0, 0.1) is 5.92 Å². The second kappa shape index (κ2) is 5.13. The Balaban J connectivity index is 2.24. The fraction of sp³-hybridized carbons (Fsp3) is 0.615. The summed E-state index contributed by atoms with van der Waals surface area (Å²) in [6, 6.07) is 0. The fourth-order valence-corrected chi connectivity index (χ4v) is 3.03. The van der Waals surface area contributed by atoms with Crippen molar-refractivity contribution < 1.29 is 20.1 Å². The average Bonchev–Trinajstić information content (AvgIpc) is 3.02. The first-order chi connectivity index (χ1) is 10.4. The van der Waals surface area contributed by atoms with E-state index in [0.717, 1.165) is 0 Å². The molecule has 0 aromatic carbocycles. The van der Waals surface area contributed by atoms with E-state index in [1.54, 1.807) is 13.8 Å². The molecule has 0 bridgehead atoms. The quantitative estimate of drug-likeness (QED) is 0.544. The lowest BCUT2D eigenvalue weighted by Crippen LogP contribution is -2.49. The van der Waals surface area contributed by atoms with Crippen LogP contribution in [0.1, 0.15) is 13.8 Å². The number of aliphatic hydroxyl groups excluding tert-OH is 3. The molecule has 4 N–H and O–H groups in total. The van der Waals surface area contributed by atoms with Gasteiger partial charge in [-0.3, -0.25) is 9.36 Å². The van der Waals surface area contributed by atoms with Crippen LogP contribution < -0.4 is 5.56 Å². The summed E-state index contributed by atoms with van der Waals surface area (Å²) < 4.78 is 7.25. The van der Waals surface area contributed by atoms with E-state index in [1.165, 1.54) is 17.2 Å². The van der Waals surface area contributed by atoms with Gasteiger partial charge in [0.1, 0.15) is 18.3 Å². The van der Waals surface area contributed by atoms with Crippen molar-refractivity contribution >= 4 is 11.2 Å². The summed E-state index contributed by atoms with van der Waals surface area (Å²) in [7, 11) is 0. The molecule has 0 spiro atoms. The number of H-pyrrole nitrogens is 1. The molecule has 22 heavy (non-hydrogen) atoms. The molecule has 2 aromatic rings. The van der Waals surface area contributed by atoms with Crippen molar-refractivity contribution in [1.29, 1.82) is 0 Å². The molecule has 9 heteroatoms. The molecule has 9 nitrogen and oxygen atoms in total. The van der Waals surface area contributed by atoms with Crippen LogP contribution in [-0.4, -0.2) is 59.8 Å². The van der Waals surface area contributed by atoms with Gasteiger partial charge in [0.05, 0.1) is 19.3 Å². The van der Waals surface area contributed by atoms with E-state index in [0.29, 0.717) is 0 Å². The minimum atomic E-state index is -1.37. The van der Waals surface area contributed by atoms with Crippen molar-refractivity contribution in [3.05, 3.63) is 23.0 Å². The predicted octanol–water partition coefficient (Wildman–Crippen LogP) is -1.46. The van der Waals surface area contributed by atoms with Gasteiger partial charge >= 0.3 is 0 Å². The Kier molecular flexibility index (Phi) is 3.52. The third-order valence-corrected chi connectivity index (χ3v) is 4.19. The van der Waals surface area contributed by atoms with Crippen molar-refractivity contribution in [1.82, 2.24) is 19.5 Å². The third kappa shape index (κ3) is 1.83. The normalized spacial score (nSPS) is 32.2. The van der Waals surface area contributed by atoms with Gasteiger partial charge in [-0.2, -0.15) is 0 Å². The molecule has 1 aliphatic rings. The molecule has 0 aliphatic carbocycles. The summed E-state index contributed by atoms with van der Waals surface area (Å²) in [5.74, 6) is -0.285. The first-order valence-electron chi connectivity index (χ1n) is 6.99. The zero-order chi connectivity index (χ0) is 16.1. The molecule has 0 amide bonds. The number of nitrogens with one attached hydrogen (secondary N) is 1. The number of hydrogen-bond acceptors (Lipinski definition) is 7. The summed E-state index contributed by atoms with van der Waals surface area (Å²) in [6.45, 7) is 3.16. The maximum atomic E-state index is 11.8. The van der Waals surface area contributed by atoms with Gasteiger partial charge in [-0.05, 0) is 0 Å². The number of hydrogen-bond donors (Lipinski definition) is 4. The second-order valence-electron chi connectivity index (χ2n) is 5.70. The summed E-state index contributed by atoms with van der Waals surface area (Å²) in [5, 5.41) is 30.0. The third-order valence-electron chi connectivity index (χ3n) is 4.19. The lowest BCUT2D eigenvalue weighted by Gasteiger charge is -2.37. The standard InChI is InChI=1S/C13H18N4O5/c1-6(2)13(10(20)9(19)7(3-18)22-13)17-5-16-8-11(17)14-4-15-12(8)21/h4-7,9-10,18-20H,3H2,1-2H3,(H,14,15,21)/t7-,9-,10-,13-/m1/s1. The maximum Gasteiger partial charge on any atom is 0.278 e. The number of fused-ring (bicyclic) bond motifs is 1. The zero-order valence-electron chi connectivity index (χ0n) is 12.2. The van der Waals surface area contributed by atoms with Crippen LogP contribution in [0.25, 0.3) is 11.2 Å². The Morgan fingerprint density at radius 1 is 1.45 bits per heavy atom. The van der Waals surface area contributed by atoms with E-state index in [2.05, 4.69) is 15.0 Å². The van der Waals surface area contributed by atoms with E-state index in [4.69, 9.17) is 4.74 Å². The smallest absolute Gasteiger partial charge is 0.278 e. The van der Waals surface area contributed by atoms with Crippen LogP contribution in [0.5, 0.6) is 0 Å². The highest BCUT2D eigenvalue weighted by Gasteiger charge is 2.57. The van der Waals surface area contributed by atoms with Crippen LogP contribution in [0.15, 0.2) is 17.4 Å². The Bertz CT molecular complexity index is 741. The number of imidazole rings is 1. The predicted molar refractivity (Wildman–Crippen MR) is 74.9 cm³/mol. The van der Waals surface area contributed by atoms with E-state index < -0.39 is 36.2 Å². The second-order valence-corrected chi connectivity index (χ2v) is 5.70. The molecular weight excluding hydrogens is 292 g/mol.